The van der Waals surface area contributed by atoms with Crippen molar-refractivity contribution in [1.29, 1.82) is 0 Å². The Morgan fingerprint density at radius 2 is 1.71 bits per heavy atom. The van der Waals surface area contributed by atoms with Crippen LogP contribution in [0.5, 0.6) is 11.5 Å². The molecule has 0 aromatic heterocycles. The smallest absolute Gasteiger partial charge is 0.413 e. The number of nitrogens with zero attached hydrogens (tertiary/aromatic N) is 2. The summed E-state index contributed by atoms with van der Waals surface area (Å²) < 4.78 is 10.8. The molecule has 2 aromatic rings. The van der Waals surface area contributed by atoms with Crippen LogP contribution >= 0.6 is 0 Å². The van der Waals surface area contributed by atoms with Crippen LogP contribution < -0.4 is 4.74 Å². The Morgan fingerprint density at radius 3 is 2.33 bits per heavy atom. The van der Waals surface area contributed by atoms with Gasteiger partial charge < -0.3 is 15.0 Å². The van der Waals surface area contributed by atoms with E-state index in [1.807, 2.05) is 42.5 Å². The Hall–Kier alpha value is -3.17. The van der Waals surface area contributed by atoms with Gasteiger partial charge in [0.15, 0.2) is 0 Å². The van der Waals surface area contributed by atoms with Crippen molar-refractivity contribution in [3.63, 3.8) is 0 Å². The van der Waals surface area contributed by atoms with Crippen LogP contribution in [0.1, 0.15) is 23.5 Å². The molecule has 0 fully saturated rings. The van der Waals surface area contributed by atoms with Crippen LogP contribution in [0.25, 0.3) is 5.53 Å². The first kappa shape index (κ1) is 15.7. The van der Waals surface area contributed by atoms with E-state index in [4.69, 9.17) is 15.0 Å². The van der Waals surface area contributed by atoms with Gasteiger partial charge in [-0.2, -0.15) is 4.79 Å². The highest BCUT2D eigenvalue weighted by Crippen LogP contribution is 2.45. The maximum absolute atomic E-state index is 11.1. The van der Waals surface area contributed by atoms with Crippen molar-refractivity contribution < 1.29 is 19.1 Å². The maximum Gasteiger partial charge on any atom is 0.413 e. The first-order valence-corrected chi connectivity index (χ1v) is 7.64. The zero-order chi connectivity index (χ0) is 16.8. The van der Waals surface area contributed by atoms with E-state index in [0.717, 1.165) is 35.3 Å². The summed E-state index contributed by atoms with van der Waals surface area (Å²) in [4.78, 5) is 13.7. The molecule has 0 aliphatic carbocycles. The van der Waals surface area contributed by atoms with Crippen molar-refractivity contribution in [2.75, 3.05) is 6.61 Å². The molecule has 1 aliphatic heterocycles. The zero-order valence-electron chi connectivity index (χ0n) is 13.0. The highest BCUT2D eigenvalue weighted by Gasteiger charge is 2.25. The summed E-state index contributed by atoms with van der Waals surface area (Å²) in [5.74, 6) is 1.27. The Labute approximate surface area is 139 Å². The second kappa shape index (κ2) is 7.40. The molecular weight excluding hydrogens is 304 g/mol. The molecule has 0 saturated carbocycles. The van der Waals surface area contributed by atoms with Gasteiger partial charge in [-0.15, -0.1) is 0 Å². The molecule has 0 spiro atoms. The van der Waals surface area contributed by atoms with Gasteiger partial charge >= 0.3 is 12.2 Å². The molecule has 0 atom stereocenters. The van der Waals surface area contributed by atoms with E-state index in [-0.39, 0.29) is 12.5 Å². The number of carbonyl (C=O) groups excluding carboxylic acids is 1. The number of ether oxygens (including phenoxy) is 2. The van der Waals surface area contributed by atoms with Crippen molar-refractivity contribution >= 4 is 12.2 Å². The molecule has 0 N–H and O–H groups in total. The minimum absolute atomic E-state index is 0.136. The lowest BCUT2D eigenvalue weighted by atomic mass is 9.85. The monoisotopic (exact) mass is 320 g/mol. The normalized spacial score (nSPS) is 12.7. The lowest BCUT2D eigenvalue weighted by Gasteiger charge is -2.27. The van der Waals surface area contributed by atoms with E-state index in [9.17, 15) is 4.79 Å². The number of hydrogen-bond donors (Lipinski definition) is 0. The molecule has 3 rings (SSSR count). The Balaban J connectivity index is 1.73. The van der Waals surface area contributed by atoms with E-state index in [2.05, 4.69) is 16.9 Å². The molecule has 5 heteroatoms. The highest BCUT2D eigenvalue weighted by molar-refractivity contribution is 6.20. The Kier molecular flexibility index (Phi) is 4.84. The molecule has 5 nitrogen and oxygen atoms in total. The van der Waals surface area contributed by atoms with Crippen LogP contribution in [-0.2, 0) is 9.53 Å². The van der Waals surface area contributed by atoms with Gasteiger partial charge in [-0.1, -0.05) is 48.6 Å². The van der Waals surface area contributed by atoms with Crippen LogP contribution in [0.2, 0.25) is 0 Å². The average Bonchev–Trinajstić information content (AvgIpc) is 2.61. The van der Waals surface area contributed by atoms with Gasteiger partial charge in [0.2, 0.25) is 0 Å². The standard InChI is InChI=1S/C19H16N2O3/c20-21-13-19(22)23-12-6-5-7-14-15-8-1-3-10-17(15)24-18-11-4-2-9-16(14)18/h1-6,8-11,13-14H,7,12H2/b6-5-. The average molecular weight is 320 g/mol. The fourth-order valence-electron chi connectivity index (χ4n) is 2.78. The van der Waals surface area contributed by atoms with E-state index >= 15 is 0 Å². The molecule has 0 saturated heterocycles. The second-order valence-corrected chi connectivity index (χ2v) is 5.31. The van der Waals surface area contributed by atoms with E-state index < -0.39 is 5.97 Å². The minimum atomic E-state index is -0.677. The molecule has 0 bridgehead atoms. The molecule has 1 aliphatic rings. The summed E-state index contributed by atoms with van der Waals surface area (Å²) >= 11 is 0. The molecule has 1 heterocycles. The van der Waals surface area contributed by atoms with Crippen LogP contribution in [-0.4, -0.2) is 23.6 Å². The SMILES string of the molecule is [N-]=[N+]=CC(=O)OC/C=C\CC1c2ccccc2Oc2ccccc21. The van der Waals surface area contributed by atoms with Crippen LogP contribution in [0.4, 0.5) is 0 Å². The van der Waals surface area contributed by atoms with Crippen molar-refractivity contribution in [2.24, 2.45) is 0 Å². The number of allylic oxidation sites excluding steroid dienone is 1. The summed E-state index contributed by atoms with van der Waals surface area (Å²) in [6.07, 6.45) is 5.25. The molecule has 24 heavy (non-hydrogen) atoms. The topological polar surface area (TPSA) is 71.9 Å². The van der Waals surface area contributed by atoms with E-state index in [0.29, 0.717) is 0 Å². The first-order valence-electron chi connectivity index (χ1n) is 7.64. The van der Waals surface area contributed by atoms with Crippen molar-refractivity contribution in [1.82, 2.24) is 0 Å². The van der Waals surface area contributed by atoms with E-state index in [1.165, 1.54) is 0 Å². The van der Waals surface area contributed by atoms with Gasteiger partial charge in [0, 0.05) is 17.0 Å². The summed E-state index contributed by atoms with van der Waals surface area (Å²) in [5.41, 5.74) is 10.5. The van der Waals surface area contributed by atoms with Gasteiger partial charge in [0.05, 0.1) is 0 Å². The predicted molar refractivity (Wildman–Crippen MR) is 89.2 cm³/mol. The number of fused-ring (bicyclic) bond motifs is 2. The number of carbonyl (C=O) groups is 1. The lowest BCUT2D eigenvalue weighted by Crippen LogP contribution is -2.09. The van der Waals surface area contributed by atoms with Gasteiger partial charge in [0.25, 0.3) is 0 Å². The summed E-state index contributed by atoms with van der Waals surface area (Å²) in [7, 11) is 0. The largest absolute Gasteiger partial charge is 0.457 e. The molecular formula is C19H16N2O3. The van der Waals surface area contributed by atoms with Crippen LogP contribution in [0.3, 0.4) is 0 Å². The predicted octanol–water partition coefficient (Wildman–Crippen LogP) is 3.71. The third kappa shape index (κ3) is 3.42. The molecule has 0 unspecified atom stereocenters. The number of esters is 1. The fourth-order valence-corrected chi connectivity index (χ4v) is 2.78. The number of benzene rings is 2. The first-order chi connectivity index (χ1) is 11.8. The fraction of sp³-hybridized carbons (Fsp3) is 0.158. The summed E-state index contributed by atoms with van der Waals surface area (Å²) in [6.45, 7) is 0.136. The molecule has 0 radical (unpaired) electrons. The third-order valence-corrected chi connectivity index (χ3v) is 3.83. The Morgan fingerprint density at radius 1 is 1.08 bits per heavy atom. The summed E-state index contributed by atoms with van der Waals surface area (Å²) in [5, 5.41) is 0. The third-order valence-electron chi connectivity index (χ3n) is 3.83. The van der Waals surface area contributed by atoms with Gasteiger partial charge in [-0.25, -0.2) is 4.79 Å². The van der Waals surface area contributed by atoms with Gasteiger partial charge in [-0.3, -0.25) is 0 Å². The number of hydrogen-bond acceptors (Lipinski definition) is 3. The quantitative estimate of drug-likeness (QED) is 0.277. The van der Waals surface area contributed by atoms with Crippen molar-refractivity contribution in [3.05, 3.63) is 77.3 Å². The maximum atomic E-state index is 11.1. The van der Waals surface area contributed by atoms with Gasteiger partial charge in [0.1, 0.15) is 18.1 Å². The van der Waals surface area contributed by atoms with Crippen molar-refractivity contribution in [2.45, 2.75) is 12.3 Å². The second-order valence-electron chi connectivity index (χ2n) is 5.31. The van der Waals surface area contributed by atoms with E-state index in [1.54, 1.807) is 6.08 Å². The Bertz CT molecular complexity index is 777. The molecule has 0 amide bonds. The lowest BCUT2D eigenvalue weighted by molar-refractivity contribution is -0.137. The van der Waals surface area contributed by atoms with Crippen LogP contribution in [0.15, 0.2) is 60.7 Å². The van der Waals surface area contributed by atoms with Gasteiger partial charge in [-0.05, 0) is 18.6 Å². The highest BCUT2D eigenvalue weighted by atomic mass is 16.5. The number of para-hydroxylation sites is 2. The summed E-state index contributed by atoms with van der Waals surface area (Å²) in [6, 6.07) is 16.0. The van der Waals surface area contributed by atoms with Crippen LogP contribution in [0, 0.1) is 0 Å². The zero-order valence-corrected chi connectivity index (χ0v) is 13.0. The molecule has 2 aromatic carbocycles. The number of rotatable bonds is 5. The molecule has 120 valence electrons. The van der Waals surface area contributed by atoms with Crippen molar-refractivity contribution in [3.8, 4) is 11.5 Å². The minimum Gasteiger partial charge on any atom is -0.457 e.